The average molecular weight is 254 g/mol. The van der Waals surface area contributed by atoms with Crippen molar-refractivity contribution >= 4 is 0 Å². The van der Waals surface area contributed by atoms with E-state index in [1.807, 2.05) is 11.6 Å². The Morgan fingerprint density at radius 2 is 2.22 bits per heavy atom. The van der Waals surface area contributed by atoms with Gasteiger partial charge in [-0.3, -0.25) is 0 Å². The number of aromatic nitrogens is 3. The van der Waals surface area contributed by atoms with Gasteiger partial charge in [0, 0.05) is 19.5 Å². The van der Waals surface area contributed by atoms with Gasteiger partial charge >= 0.3 is 0 Å². The molecule has 0 saturated carbocycles. The van der Waals surface area contributed by atoms with Crippen LogP contribution in [0.4, 0.5) is 0 Å². The Kier molecular flexibility index (Phi) is 5.75. The first kappa shape index (κ1) is 15.1. The molecule has 18 heavy (non-hydrogen) atoms. The summed E-state index contributed by atoms with van der Waals surface area (Å²) in [5.41, 5.74) is -0.781. The monoisotopic (exact) mass is 254 g/mol. The van der Waals surface area contributed by atoms with E-state index in [2.05, 4.69) is 36.2 Å². The van der Waals surface area contributed by atoms with Gasteiger partial charge in [0.05, 0.1) is 5.60 Å². The van der Waals surface area contributed by atoms with Gasteiger partial charge in [-0.15, -0.1) is 0 Å². The van der Waals surface area contributed by atoms with Gasteiger partial charge in [-0.2, -0.15) is 5.10 Å². The van der Waals surface area contributed by atoms with Crippen molar-refractivity contribution in [3.63, 3.8) is 0 Å². The second kappa shape index (κ2) is 6.85. The Balaban J connectivity index is 2.57. The maximum absolute atomic E-state index is 10.3. The van der Waals surface area contributed by atoms with E-state index in [-0.39, 0.29) is 0 Å². The van der Waals surface area contributed by atoms with Crippen LogP contribution in [0.15, 0.2) is 6.33 Å². The van der Waals surface area contributed by atoms with Crippen molar-refractivity contribution in [1.82, 2.24) is 20.1 Å². The fourth-order valence-corrected chi connectivity index (χ4v) is 1.86. The summed E-state index contributed by atoms with van der Waals surface area (Å²) in [5.74, 6) is 1.38. The van der Waals surface area contributed by atoms with Crippen LogP contribution in [0.1, 0.15) is 39.9 Å². The fourth-order valence-electron chi connectivity index (χ4n) is 1.86. The zero-order valence-corrected chi connectivity index (χ0v) is 12.0. The number of nitrogens with one attached hydrogen (secondary N) is 1. The molecule has 0 spiro atoms. The number of aliphatic hydroxyl groups is 1. The molecule has 5 nitrogen and oxygen atoms in total. The Morgan fingerprint density at radius 1 is 1.50 bits per heavy atom. The summed E-state index contributed by atoms with van der Waals surface area (Å²) < 4.78 is 1.89. The number of hydrogen-bond acceptors (Lipinski definition) is 4. The van der Waals surface area contributed by atoms with E-state index >= 15 is 0 Å². The molecule has 0 fully saturated rings. The normalized spacial score (nSPS) is 15.0. The molecule has 1 aromatic heterocycles. The lowest BCUT2D eigenvalue weighted by molar-refractivity contribution is 0.0570. The highest BCUT2D eigenvalue weighted by molar-refractivity contribution is 4.94. The molecule has 0 radical (unpaired) electrons. The van der Waals surface area contributed by atoms with Crippen molar-refractivity contribution < 1.29 is 5.11 Å². The summed E-state index contributed by atoms with van der Waals surface area (Å²) in [6.07, 6.45) is 3.16. The minimum Gasteiger partial charge on any atom is -0.388 e. The highest BCUT2D eigenvalue weighted by Crippen LogP contribution is 2.11. The molecule has 0 bridgehead atoms. The predicted octanol–water partition coefficient (Wildman–Crippen LogP) is 1.23. The third kappa shape index (κ3) is 5.14. The second-order valence-corrected chi connectivity index (χ2v) is 5.60. The minimum atomic E-state index is -0.781. The van der Waals surface area contributed by atoms with Gasteiger partial charge in [0.25, 0.3) is 0 Å². The summed E-state index contributed by atoms with van der Waals surface area (Å²) in [4.78, 5) is 4.25. The lowest BCUT2D eigenvalue weighted by atomic mass is 10.0. The highest BCUT2D eigenvalue weighted by Gasteiger charge is 2.23. The first-order valence-electron chi connectivity index (χ1n) is 6.74. The molecule has 1 atom stereocenters. The van der Waals surface area contributed by atoms with Crippen LogP contribution in [-0.2, 0) is 13.0 Å². The SMILES string of the molecule is CCCNCC(C)(O)Cc1ncnn1CC(C)C. The first-order chi connectivity index (χ1) is 8.44. The van der Waals surface area contributed by atoms with Crippen LogP contribution >= 0.6 is 0 Å². The van der Waals surface area contributed by atoms with Crippen molar-refractivity contribution in [2.75, 3.05) is 13.1 Å². The van der Waals surface area contributed by atoms with E-state index in [1.54, 1.807) is 6.33 Å². The van der Waals surface area contributed by atoms with Gasteiger partial charge in [-0.1, -0.05) is 20.8 Å². The first-order valence-corrected chi connectivity index (χ1v) is 6.74. The van der Waals surface area contributed by atoms with Gasteiger partial charge in [0.2, 0.25) is 0 Å². The van der Waals surface area contributed by atoms with Crippen molar-refractivity contribution in [3.8, 4) is 0 Å². The van der Waals surface area contributed by atoms with E-state index in [0.717, 1.165) is 25.3 Å². The van der Waals surface area contributed by atoms with Crippen LogP contribution in [0, 0.1) is 5.92 Å². The molecule has 1 rings (SSSR count). The van der Waals surface area contributed by atoms with Crippen molar-refractivity contribution in [1.29, 1.82) is 0 Å². The van der Waals surface area contributed by atoms with Crippen LogP contribution in [0.2, 0.25) is 0 Å². The summed E-state index contributed by atoms with van der Waals surface area (Å²) >= 11 is 0. The highest BCUT2D eigenvalue weighted by atomic mass is 16.3. The van der Waals surface area contributed by atoms with Crippen molar-refractivity contribution in [2.45, 2.75) is 52.7 Å². The molecule has 0 saturated heterocycles. The summed E-state index contributed by atoms with van der Waals surface area (Å²) in [5, 5.41) is 17.8. The maximum Gasteiger partial charge on any atom is 0.138 e. The number of nitrogens with zero attached hydrogens (tertiary/aromatic N) is 3. The average Bonchev–Trinajstić information content (AvgIpc) is 2.64. The van der Waals surface area contributed by atoms with Crippen LogP contribution < -0.4 is 5.32 Å². The molecule has 0 amide bonds. The molecule has 1 heterocycles. The lowest BCUT2D eigenvalue weighted by Crippen LogP contribution is -2.40. The third-order valence-corrected chi connectivity index (χ3v) is 2.71. The molecular formula is C13H26N4O. The third-order valence-electron chi connectivity index (χ3n) is 2.71. The summed E-state index contributed by atoms with van der Waals surface area (Å²) in [6, 6.07) is 0. The van der Waals surface area contributed by atoms with Crippen molar-refractivity contribution in [2.24, 2.45) is 5.92 Å². The lowest BCUT2D eigenvalue weighted by Gasteiger charge is -2.23. The van der Waals surface area contributed by atoms with Crippen LogP contribution in [0.5, 0.6) is 0 Å². The Labute approximate surface area is 110 Å². The summed E-state index contributed by atoms with van der Waals surface area (Å²) in [6.45, 7) is 10.6. The molecule has 0 aliphatic heterocycles. The molecule has 0 aliphatic rings. The van der Waals surface area contributed by atoms with Gasteiger partial charge < -0.3 is 10.4 Å². The van der Waals surface area contributed by atoms with Crippen molar-refractivity contribution in [3.05, 3.63) is 12.2 Å². The fraction of sp³-hybridized carbons (Fsp3) is 0.846. The Hall–Kier alpha value is -0.940. The van der Waals surface area contributed by atoms with Crippen LogP contribution in [-0.4, -0.2) is 38.6 Å². The van der Waals surface area contributed by atoms with Gasteiger partial charge in [0.1, 0.15) is 12.2 Å². The smallest absolute Gasteiger partial charge is 0.138 e. The van der Waals surface area contributed by atoms with E-state index < -0.39 is 5.60 Å². The molecule has 5 heteroatoms. The quantitative estimate of drug-likeness (QED) is 0.685. The van der Waals surface area contributed by atoms with Gasteiger partial charge in [-0.05, 0) is 25.8 Å². The van der Waals surface area contributed by atoms with Gasteiger partial charge in [0.15, 0.2) is 0 Å². The largest absolute Gasteiger partial charge is 0.388 e. The molecule has 1 unspecified atom stereocenters. The maximum atomic E-state index is 10.3. The van der Waals surface area contributed by atoms with E-state index in [4.69, 9.17) is 0 Å². The zero-order valence-electron chi connectivity index (χ0n) is 12.0. The number of rotatable bonds is 8. The molecule has 2 N–H and O–H groups in total. The van der Waals surface area contributed by atoms with E-state index in [9.17, 15) is 5.11 Å². The molecule has 0 aromatic carbocycles. The van der Waals surface area contributed by atoms with Crippen LogP contribution in [0.3, 0.4) is 0 Å². The minimum absolute atomic E-state index is 0.522. The molecular weight excluding hydrogens is 228 g/mol. The van der Waals surface area contributed by atoms with Gasteiger partial charge in [-0.25, -0.2) is 9.67 Å². The Bertz CT molecular complexity index is 347. The second-order valence-electron chi connectivity index (χ2n) is 5.60. The van der Waals surface area contributed by atoms with Crippen LogP contribution in [0.25, 0.3) is 0 Å². The predicted molar refractivity (Wildman–Crippen MR) is 72.3 cm³/mol. The molecule has 1 aromatic rings. The Morgan fingerprint density at radius 3 is 2.83 bits per heavy atom. The van der Waals surface area contributed by atoms with E-state index in [1.165, 1.54) is 0 Å². The molecule has 0 aliphatic carbocycles. The summed E-state index contributed by atoms with van der Waals surface area (Å²) in [7, 11) is 0. The standard InChI is InChI=1S/C13H26N4O/c1-5-6-14-9-13(4,18)7-12-15-10-16-17(12)8-11(2)3/h10-11,14,18H,5-9H2,1-4H3. The molecule has 104 valence electrons. The topological polar surface area (TPSA) is 63.0 Å². The number of hydrogen-bond donors (Lipinski definition) is 2. The van der Waals surface area contributed by atoms with E-state index in [0.29, 0.717) is 18.9 Å². The zero-order chi connectivity index (χ0) is 13.6.